The van der Waals surface area contributed by atoms with Gasteiger partial charge in [0.1, 0.15) is 0 Å². The summed E-state index contributed by atoms with van der Waals surface area (Å²) in [6.07, 6.45) is -0.0139. The summed E-state index contributed by atoms with van der Waals surface area (Å²) >= 11 is 0. The maximum absolute atomic E-state index is 9.47. The maximum atomic E-state index is 9.47. The maximum Gasteiger partial charge on any atom is 0.378 e. The van der Waals surface area contributed by atoms with E-state index in [0.717, 1.165) is 0 Å². The number of aldehydes is 1. The monoisotopic (exact) mass is 102 g/mol. The molecule has 0 heterocycles. The lowest BCUT2D eigenvalue weighted by atomic mass is 10.6. The second-order valence-electron chi connectivity index (χ2n) is 0.555. The molecule has 38 valence electrons. The van der Waals surface area contributed by atoms with Crippen molar-refractivity contribution in [2.45, 2.75) is 0 Å². The van der Waals surface area contributed by atoms with E-state index in [2.05, 4.69) is 12.7 Å². The van der Waals surface area contributed by atoms with Crippen LogP contribution in [0.25, 0.3) is 0 Å². The average Bonchev–Trinajstić information content (AvgIpc) is 1.65. The highest BCUT2D eigenvalue weighted by Gasteiger charge is 1.87. The molecular formula is C2H3BO4. The number of hydrogen-bond donors (Lipinski definition) is 0. The quantitative estimate of drug-likeness (QED) is 0.218. The van der Waals surface area contributed by atoms with Crippen molar-refractivity contribution in [2.75, 3.05) is 0 Å². The number of carbonyl (C=O) groups excluding carboxylic acids is 2. The van der Waals surface area contributed by atoms with E-state index in [-0.39, 0.29) is 11.8 Å². The Morgan fingerprint density at radius 1 is 1.71 bits per heavy atom. The van der Waals surface area contributed by atoms with Gasteiger partial charge in [-0.2, -0.15) is 0 Å². The Balaban J connectivity index is 0. The van der Waals surface area contributed by atoms with Crippen LogP contribution in [0.1, 0.15) is 0 Å². The standard InChI is InChI=1S/C2HBO3.H2O/c3-6-2(5)1-4;/h1H;1H2. The van der Waals surface area contributed by atoms with Crippen LogP contribution in [-0.2, 0) is 14.2 Å². The predicted molar refractivity (Wildman–Crippen MR) is 21.5 cm³/mol. The first-order valence-corrected chi connectivity index (χ1v) is 1.17. The SMILES string of the molecule is O.[B]OC(=O)C=O. The van der Waals surface area contributed by atoms with E-state index in [0.29, 0.717) is 0 Å². The van der Waals surface area contributed by atoms with Gasteiger partial charge in [-0.3, -0.25) is 4.79 Å². The highest BCUT2D eigenvalue weighted by Crippen LogP contribution is 1.56. The Kier molecular flexibility index (Phi) is 7.00. The number of carbonyl (C=O) groups is 2. The molecule has 0 atom stereocenters. The molecule has 0 aromatic heterocycles. The van der Waals surface area contributed by atoms with E-state index in [1.165, 1.54) is 0 Å². The Morgan fingerprint density at radius 2 is 2.14 bits per heavy atom. The van der Waals surface area contributed by atoms with Gasteiger partial charge < -0.3 is 10.1 Å². The fraction of sp³-hybridized carbons (Fsp3) is 0. The molecule has 2 radical (unpaired) electrons. The molecule has 0 fully saturated rings. The Morgan fingerprint density at radius 3 is 2.14 bits per heavy atom. The second kappa shape index (κ2) is 5.16. The minimum absolute atomic E-state index is 0. The van der Waals surface area contributed by atoms with Crippen LogP contribution in [0.4, 0.5) is 0 Å². The zero-order valence-electron chi connectivity index (χ0n) is 3.38. The fourth-order valence-corrected chi connectivity index (χ4v) is 0.0278. The molecule has 0 aromatic rings. The van der Waals surface area contributed by atoms with Gasteiger partial charge in [0.2, 0.25) is 6.29 Å². The van der Waals surface area contributed by atoms with E-state index in [1.807, 2.05) is 0 Å². The molecule has 0 bridgehead atoms. The molecule has 0 aliphatic carbocycles. The van der Waals surface area contributed by atoms with Crippen molar-refractivity contribution in [2.24, 2.45) is 0 Å². The van der Waals surface area contributed by atoms with E-state index < -0.39 is 5.97 Å². The first-order chi connectivity index (χ1) is 2.81. The molecule has 0 amide bonds. The number of rotatable bonds is 1. The Hall–Kier alpha value is -0.835. The predicted octanol–water partition coefficient (Wildman–Crippen LogP) is -2.01. The van der Waals surface area contributed by atoms with E-state index in [9.17, 15) is 9.59 Å². The van der Waals surface area contributed by atoms with Gasteiger partial charge in [0, 0.05) is 0 Å². The lowest BCUT2D eigenvalue weighted by molar-refractivity contribution is -0.141. The molecule has 0 saturated carbocycles. The zero-order chi connectivity index (χ0) is 4.99. The van der Waals surface area contributed by atoms with Crippen LogP contribution in [0.2, 0.25) is 0 Å². The Bertz CT molecular complexity index is 70.1. The average molecular weight is 102 g/mol. The molecule has 0 saturated heterocycles. The molecule has 4 nitrogen and oxygen atoms in total. The van der Waals surface area contributed by atoms with Crippen molar-refractivity contribution >= 4 is 20.3 Å². The molecule has 0 aliphatic heterocycles. The molecule has 0 unspecified atom stereocenters. The topological polar surface area (TPSA) is 74.9 Å². The van der Waals surface area contributed by atoms with Crippen LogP contribution in [0.5, 0.6) is 0 Å². The van der Waals surface area contributed by atoms with Crippen LogP contribution in [0, 0.1) is 0 Å². The summed E-state index contributed by atoms with van der Waals surface area (Å²) < 4.78 is 3.39. The summed E-state index contributed by atoms with van der Waals surface area (Å²) in [5.74, 6) is -1.06. The third kappa shape index (κ3) is 5.16. The molecule has 2 N–H and O–H groups in total. The summed E-state index contributed by atoms with van der Waals surface area (Å²) in [7, 11) is 4.20. The van der Waals surface area contributed by atoms with Crippen LogP contribution < -0.4 is 0 Å². The number of hydrogen-bond acceptors (Lipinski definition) is 3. The van der Waals surface area contributed by atoms with Crippen molar-refractivity contribution in [3.05, 3.63) is 0 Å². The minimum atomic E-state index is -1.06. The van der Waals surface area contributed by atoms with Crippen molar-refractivity contribution in [3.8, 4) is 0 Å². The van der Waals surface area contributed by atoms with Crippen molar-refractivity contribution < 1.29 is 19.7 Å². The van der Waals surface area contributed by atoms with Gasteiger partial charge in [0.05, 0.1) is 0 Å². The van der Waals surface area contributed by atoms with E-state index in [1.54, 1.807) is 0 Å². The molecule has 7 heavy (non-hydrogen) atoms. The third-order valence-corrected chi connectivity index (χ3v) is 0.212. The highest BCUT2D eigenvalue weighted by atomic mass is 16.5. The van der Waals surface area contributed by atoms with Crippen molar-refractivity contribution in [1.82, 2.24) is 0 Å². The summed E-state index contributed by atoms with van der Waals surface area (Å²) in [4.78, 5) is 18.6. The van der Waals surface area contributed by atoms with E-state index >= 15 is 0 Å². The lowest BCUT2D eigenvalue weighted by Gasteiger charge is -1.80. The lowest BCUT2D eigenvalue weighted by Crippen LogP contribution is -2.00. The first kappa shape index (κ1) is 9.48. The fourth-order valence-electron chi connectivity index (χ4n) is 0.0278. The zero-order valence-corrected chi connectivity index (χ0v) is 3.38. The summed E-state index contributed by atoms with van der Waals surface area (Å²) in [6, 6.07) is 0. The molecule has 0 rings (SSSR count). The van der Waals surface area contributed by atoms with Gasteiger partial charge >= 0.3 is 14.0 Å². The minimum Gasteiger partial charge on any atom is -0.538 e. The highest BCUT2D eigenvalue weighted by molar-refractivity contribution is 6.26. The molecule has 0 aliphatic rings. The van der Waals surface area contributed by atoms with Gasteiger partial charge in [0.15, 0.2) is 0 Å². The van der Waals surface area contributed by atoms with Gasteiger partial charge in [-0.25, -0.2) is 4.79 Å². The Labute approximate surface area is 41.2 Å². The smallest absolute Gasteiger partial charge is 0.378 e. The summed E-state index contributed by atoms with van der Waals surface area (Å²) in [5, 5.41) is 0. The summed E-state index contributed by atoms with van der Waals surface area (Å²) in [6.45, 7) is 0. The largest absolute Gasteiger partial charge is 0.538 e. The molecular weight excluding hydrogens is 98.8 g/mol. The molecule has 0 spiro atoms. The molecule has 0 aromatic carbocycles. The van der Waals surface area contributed by atoms with Gasteiger partial charge in [-0.1, -0.05) is 0 Å². The van der Waals surface area contributed by atoms with Gasteiger partial charge in [0.25, 0.3) is 0 Å². The normalized spacial score (nSPS) is 5.71. The van der Waals surface area contributed by atoms with E-state index in [4.69, 9.17) is 0 Å². The van der Waals surface area contributed by atoms with Crippen molar-refractivity contribution in [1.29, 1.82) is 0 Å². The van der Waals surface area contributed by atoms with Crippen LogP contribution in [0.3, 0.4) is 0 Å². The molecule has 5 heteroatoms. The third-order valence-electron chi connectivity index (χ3n) is 0.212. The second-order valence-corrected chi connectivity index (χ2v) is 0.555. The first-order valence-electron chi connectivity index (χ1n) is 1.17. The van der Waals surface area contributed by atoms with Crippen LogP contribution >= 0.6 is 0 Å². The van der Waals surface area contributed by atoms with Gasteiger partial charge in [-0.15, -0.1) is 0 Å². The summed E-state index contributed by atoms with van der Waals surface area (Å²) in [5.41, 5.74) is 0. The van der Waals surface area contributed by atoms with Crippen LogP contribution in [0.15, 0.2) is 0 Å². The van der Waals surface area contributed by atoms with Crippen molar-refractivity contribution in [3.63, 3.8) is 0 Å². The van der Waals surface area contributed by atoms with Gasteiger partial charge in [-0.05, 0) is 0 Å². The van der Waals surface area contributed by atoms with Crippen LogP contribution in [-0.4, -0.2) is 25.8 Å².